The molecule has 0 atom stereocenters. The van der Waals surface area contributed by atoms with E-state index in [0.29, 0.717) is 48.5 Å². The van der Waals surface area contributed by atoms with Crippen molar-refractivity contribution in [2.45, 2.75) is 13.3 Å². The molecule has 8 nitrogen and oxygen atoms in total. The Labute approximate surface area is 185 Å². The number of ether oxygens (including phenoxy) is 1. The van der Waals surface area contributed by atoms with Gasteiger partial charge < -0.3 is 19.4 Å². The number of hydrogen-bond acceptors (Lipinski definition) is 6. The van der Waals surface area contributed by atoms with E-state index in [-0.39, 0.29) is 17.6 Å². The summed E-state index contributed by atoms with van der Waals surface area (Å²) in [6, 6.07) is 14.6. The molecular formula is C24H24N4O4. The average Bonchev–Trinajstić information content (AvgIpc) is 3.43. The molecular weight excluding hydrogens is 408 g/mol. The van der Waals surface area contributed by atoms with Crippen LogP contribution in [0.5, 0.6) is 0 Å². The van der Waals surface area contributed by atoms with Gasteiger partial charge in [0.1, 0.15) is 11.3 Å². The van der Waals surface area contributed by atoms with Gasteiger partial charge in [0, 0.05) is 42.7 Å². The van der Waals surface area contributed by atoms with Crippen molar-refractivity contribution in [2.24, 2.45) is 5.10 Å². The highest BCUT2D eigenvalue weighted by molar-refractivity contribution is 6.14. The molecule has 0 spiro atoms. The molecule has 0 unspecified atom stereocenters. The zero-order valence-corrected chi connectivity index (χ0v) is 17.8. The van der Waals surface area contributed by atoms with Crippen LogP contribution >= 0.6 is 0 Å². The fourth-order valence-corrected chi connectivity index (χ4v) is 3.96. The second kappa shape index (κ2) is 8.47. The highest BCUT2D eigenvalue weighted by Gasteiger charge is 2.27. The summed E-state index contributed by atoms with van der Waals surface area (Å²) < 4.78 is 11.2. The Bertz CT molecular complexity index is 1190. The van der Waals surface area contributed by atoms with Crippen molar-refractivity contribution < 1.29 is 18.7 Å². The highest BCUT2D eigenvalue weighted by Crippen LogP contribution is 2.32. The SMILES string of the molecule is CC1=NN(c2ccc(C(=O)Nc3c(C(=O)N4CCOCC4)oc4ccccc34)cc2)CC1. The standard InChI is InChI=1S/C24H24N4O4/c1-16-10-11-28(26-16)18-8-6-17(7-9-18)23(29)25-21-19-4-2-3-5-20(19)32-22(21)24(30)27-12-14-31-15-13-27/h2-9H,10-15H2,1H3,(H,25,29). The lowest BCUT2D eigenvalue weighted by Crippen LogP contribution is -2.40. The zero-order chi connectivity index (χ0) is 22.1. The summed E-state index contributed by atoms with van der Waals surface area (Å²) in [6.07, 6.45) is 0.940. The summed E-state index contributed by atoms with van der Waals surface area (Å²) >= 11 is 0. The molecule has 2 aromatic carbocycles. The van der Waals surface area contributed by atoms with Crippen LogP contribution in [-0.2, 0) is 4.74 Å². The number of carbonyl (C=O) groups excluding carboxylic acids is 2. The highest BCUT2D eigenvalue weighted by atomic mass is 16.5. The van der Waals surface area contributed by atoms with Gasteiger partial charge in [-0.05, 0) is 43.3 Å². The molecule has 0 saturated carbocycles. The Hall–Kier alpha value is -3.65. The minimum Gasteiger partial charge on any atom is -0.449 e. The molecule has 32 heavy (non-hydrogen) atoms. The Kier molecular flexibility index (Phi) is 5.36. The second-order valence-corrected chi connectivity index (χ2v) is 7.92. The molecule has 0 aliphatic carbocycles. The number of nitrogens with one attached hydrogen (secondary N) is 1. The number of benzene rings is 2. The number of carbonyl (C=O) groups is 2. The first-order valence-corrected chi connectivity index (χ1v) is 10.7. The van der Waals surface area contributed by atoms with Gasteiger partial charge in [-0.15, -0.1) is 0 Å². The van der Waals surface area contributed by atoms with Gasteiger partial charge in [-0.1, -0.05) is 12.1 Å². The number of rotatable bonds is 4. The van der Waals surface area contributed by atoms with Gasteiger partial charge in [0.15, 0.2) is 0 Å². The van der Waals surface area contributed by atoms with Crippen molar-refractivity contribution in [1.82, 2.24) is 4.90 Å². The third-order valence-electron chi connectivity index (χ3n) is 5.73. The minimum absolute atomic E-state index is 0.139. The summed E-state index contributed by atoms with van der Waals surface area (Å²) in [7, 11) is 0. The van der Waals surface area contributed by atoms with E-state index in [2.05, 4.69) is 10.4 Å². The Morgan fingerprint density at radius 1 is 1.00 bits per heavy atom. The van der Waals surface area contributed by atoms with Crippen molar-refractivity contribution in [1.29, 1.82) is 0 Å². The van der Waals surface area contributed by atoms with Crippen LogP contribution in [0.4, 0.5) is 11.4 Å². The van der Waals surface area contributed by atoms with Crippen molar-refractivity contribution in [3.05, 3.63) is 59.9 Å². The molecule has 2 aliphatic rings. The molecule has 1 fully saturated rings. The topological polar surface area (TPSA) is 87.4 Å². The predicted molar refractivity (Wildman–Crippen MR) is 122 cm³/mol. The monoisotopic (exact) mass is 432 g/mol. The van der Waals surface area contributed by atoms with E-state index in [0.717, 1.165) is 24.4 Å². The first kappa shape index (κ1) is 20.3. The van der Waals surface area contributed by atoms with Crippen LogP contribution in [0.15, 0.2) is 58.0 Å². The number of morpholine rings is 1. The van der Waals surface area contributed by atoms with E-state index < -0.39 is 0 Å². The molecule has 1 saturated heterocycles. The Morgan fingerprint density at radius 2 is 1.75 bits per heavy atom. The van der Waals surface area contributed by atoms with Gasteiger partial charge in [0.2, 0.25) is 5.76 Å². The number of anilines is 2. The van der Waals surface area contributed by atoms with Gasteiger partial charge in [0.25, 0.3) is 11.8 Å². The summed E-state index contributed by atoms with van der Waals surface area (Å²) in [5, 5.41) is 10.0. The molecule has 0 radical (unpaired) electrons. The molecule has 2 aliphatic heterocycles. The molecule has 8 heteroatoms. The lowest BCUT2D eigenvalue weighted by molar-refractivity contribution is 0.0285. The number of hydrazone groups is 1. The number of furan rings is 1. The maximum atomic E-state index is 13.1. The number of amides is 2. The third kappa shape index (κ3) is 3.85. The molecule has 1 aromatic heterocycles. The van der Waals surface area contributed by atoms with E-state index in [1.165, 1.54) is 0 Å². The fraction of sp³-hybridized carbons (Fsp3) is 0.292. The zero-order valence-electron chi connectivity index (χ0n) is 17.8. The van der Waals surface area contributed by atoms with Crippen LogP contribution < -0.4 is 10.3 Å². The molecule has 164 valence electrons. The van der Waals surface area contributed by atoms with E-state index in [1.807, 2.05) is 42.3 Å². The second-order valence-electron chi connectivity index (χ2n) is 7.92. The number of hydrogen-bond donors (Lipinski definition) is 1. The van der Waals surface area contributed by atoms with Gasteiger partial charge in [0.05, 0.1) is 18.9 Å². The van der Waals surface area contributed by atoms with Gasteiger partial charge in [-0.2, -0.15) is 5.10 Å². The van der Waals surface area contributed by atoms with Crippen molar-refractivity contribution >= 4 is 39.9 Å². The maximum Gasteiger partial charge on any atom is 0.291 e. The van der Waals surface area contributed by atoms with Crippen LogP contribution in [0, 0.1) is 0 Å². The van der Waals surface area contributed by atoms with Crippen LogP contribution in [0.25, 0.3) is 11.0 Å². The maximum absolute atomic E-state index is 13.1. The average molecular weight is 432 g/mol. The largest absolute Gasteiger partial charge is 0.449 e. The molecule has 0 bridgehead atoms. The molecule has 2 amide bonds. The summed E-state index contributed by atoms with van der Waals surface area (Å²) in [6.45, 7) is 4.80. The van der Waals surface area contributed by atoms with Crippen molar-refractivity contribution in [2.75, 3.05) is 43.2 Å². The number of fused-ring (bicyclic) bond motifs is 1. The fourth-order valence-electron chi connectivity index (χ4n) is 3.96. The molecule has 3 aromatic rings. The van der Waals surface area contributed by atoms with E-state index in [1.54, 1.807) is 23.1 Å². The molecule has 3 heterocycles. The number of nitrogens with zero attached hydrogens (tertiary/aromatic N) is 3. The smallest absolute Gasteiger partial charge is 0.291 e. The quantitative estimate of drug-likeness (QED) is 0.679. The van der Waals surface area contributed by atoms with E-state index in [4.69, 9.17) is 9.15 Å². The summed E-state index contributed by atoms with van der Waals surface area (Å²) in [4.78, 5) is 27.9. The van der Waals surface area contributed by atoms with Gasteiger partial charge in [-0.3, -0.25) is 14.6 Å². The lowest BCUT2D eigenvalue weighted by Gasteiger charge is -2.26. The van der Waals surface area contributed by atoms with Gasteiger partial charge in [-0.25, -0.2) is 0 Å². The minimum atomic E-state index is -0.305. The van der Waals surface area contributed by atoms with Crippen LogP contribution in [-0.4, -0.2) is 55.3 Å². The van der Waals surface area contributed by atoms with Gasteiger partial charge >= 0.3 is 0 Å². The van der Waals surface area contributed by atoms with Crippen LogP contribution in [0.3, 0.4) is 0 Å². The van der Waals surface area contributed by atoms with E-state index >= 15 is 0 Å². The van der Waals surface area contributed by atoms with Crippen molar-refractivity contribution in [3.8, 4) is 0 Å². The lowest BCUT2D eigenvalue weighted by atomic mass is 10.1. The molecule has 1 N–H and O–H groups in total. The van der Waals surface area contributed by atoms with Crippen LogP contribution in [0.1, 0.15) is 34.3 Å². The van der Waals surface area contributed by atoms with E-state index in [9.17, 15) is 9.59 Å². The first-order valence-electron chi connectivity index (χ1n) is 10.7. The normalized spacial score (nSPS) is 16.3. The summed E-state index contributed by atoms with van der Waals surface area (Å²) in [5.74, 6) is -0.419. The third-order valence-corrected chi connectivity index (χ3v) is 5.73. The Balaban J connectivity index is 1.41. The van der Waals surface area contributed by atoms with Crippen LogP contribution in [0.2, 0.25) is 0 Å². The van der Waals surface area contributed by atoms with Crippen molar-refractivity contribution in [3.63, 3.8) is 0 Å². The predicted octanol–water partition coefficient (Wildman–Crippen LogP) is 3.74. The number of para-hydroxylation sites is 1. The molecule has 5 rings (SSSR count). The first-order chi connectivity index (χ1) is 15.6. The summed E-state index contributed by atoms with van der Waals surface area (Å²) in [5.41, 5.74) is 3.47. The Morgan fingerprint density at radius 3 is 2.47 bits per heavy atom.